The molecule has 1 aliphatic heterocycles. The molecule has 3 aromatic rings. The van der Waals surface area contributed by atoms with Gasteiger partial charge in [0.1, 0.15) is 12.4 Å². The van der Waals surface area contributed by atoms with Crippen molar-refractivity contribution in [3.05, 3.63) is 109 Å². The Labute approximate surface area is 338 Å². The minimum Gasteiger partial charge on any atom is -0.859 e. The first kappa shape index (κ1) is 43.1. The molecule has 0 aromatic heterocycles. The Morgan fingerprint density at radius 3 is 2.43 bits per heavy atom. The summed E-state index contributed by atoms with van der Waals surface area (Å²) in [5, 5.41) is 18.7. The van der Waals surface area contributed by atoms with Crippen molar-refractivity contribution in [2.45, 2.75) is 56.3 Å². The number of oxime groups is 1. The van der Waals surface area contributed by atoms with Crippen LogP contribution >= 0.6 is 23.2 Å². The topological polar surface area (TPSA) is 172 Å². The molecular formula is C32H31Cl2N3Na2O9S. The van der Waals surface area contributed by atoms with Gasteiger partial charge in [-0.3, -0.25) is 4.79 Å². The molecule has 0 saturated heterocycles. The Hall–Kier alpha value is -2.04. The normalized spacial score (nSPS) is 20.3. The van der Waals surface area contributed by atoms with E-state index in [1.165, 1.54) is 0 Å². The number of halogens is 2. The standard InChI is InChI=1S/C32H32Cl2N3O7S.2Na.O2/c1-45(41,42)36-27-11-4-5-12-28(27)37-30(25-14-13-21(33)18-26(25)34)29(23-9-2-3-10-24(23)32(37)40)31(39)35-44-19-20-7-6-8-22(17-20)43-16-15-38;;;1-2/h2-3,6-10,13-14,17-18,27-30,36H,4-5,11-12,16,19H2,1H3,(H,35,39);;;/q-1;2*+1;/p-1/t27-,28-,29+,30-;;;/m0.../s1. The van der Waals surface area contributed by atoms with Crippen LogP contribution in [0.1, 0.15) is 64.7 Å². The summed E-state index contributed by atoms with van der Waals surface area (Å²) in [4.78, 5) is 46.0. The second-order valence-corrected chi connectivity index (χ2v) is 13.6. The van der Waals surface area contributed by atoms with E-state index in [2.05, 4.69) is 9.88 Å². The van der Waals surface area contributed by atoms with Gasteiger partial charge >= 0.3 is 59.1 Å². The van der Waals surface area contributed by atoms with Gasteiger partial charge in [-0.15, -0.1) is 5.16 Å². The van der Waals surface area contributed by atoms with Crippen molar-refractivity contribution < 1.29 is 91.8 Å². The first-order chi connectivity index (χ1) is 22.6. The smallest absolute Gasteiger partial charge is 0.859 e. The average Bonchev–Trinajstić information content (AvgIpc) is 3.05. The monoisotopic (exact) mass is 749 g/mol. The van der Waals surface area contributed by atoms with Crippen LogP contribution in [0.25, 0.3) is 0 Å². The second kappa shape index (κ2) is 20.1. The van der Waals surface area contributed by atoms with Crippen LogP contribution in [0.4, 0.5) is 0 Å². The molecule has 3 aromatic carbocycles. The van der Waals surface area contributed by atoms with Gasteiger partial charge in [-0.1, -0.05) is 72.4 Å². The summed E-state index contributed by atoms with van der Waals surface area (Å²) in [6.45, 7) is -0.292. The predicted octanol–water partition coefficient (Wildman–Crippen LogP) is -1.41. The maximum Gasteiger partial charge on any atom is 1.00 e. The Bertz CT molecular complexity index is 1740. The number of hydrogen-bond acceptors (Lipinski definition) is 10. The number of rotatable bonds is 11. The third-order valence-electron chi connectivity index (χ3n) is 7.96. The third kappa shape index (κ3) is 11.0. The molecule has 1 N–H and O–H groups in total. The fraction of sp³-hybridized carbons (Fsp3) is 0.344. The van der Waals surface area contributed by atoms with E-state index >= 15 is 0 Å². The van der Waals surface area contributed by atoms with Crippen molar-refractivity contribution in [1.82, 2.24) is 9.62 Å². The summed E-state index contributed by atoms with van der Waals surface area (Å²) in [6.07, 6.45) is 5.32. The number of fused-ring (bicyclic) bond motifs is 1. The molecule has 1 heterocycles. The number of hydrogen-bond donors (Lipinski definition) is 1. The minimum absolute atomic E-state index is 0. The summed E-state index contributed by atoms with van der Waals surface area (Å²) in [5.41, 5.74) is 1.88. The number of carbonyl (C=O) groups excluding carboxylic acids is 2. The van der Waals surface area contributed by atoms with Crippen molar-refractivity contribution in [2.75, 3.05) is 12.9 Å². The van der Waals surface area contributed by atoms with E-state index in [0.717, 1.165) is 19.1 Å². The summed E-state index contributed by atoms with van der Waals surface area (Å²) in [5.74, 6) is -1.59. The van der Waals surface area contributed by atoms with Crippen molar-refractivity contribution in [3.8, 4) is 5.75 Å². The minimum atomic E-state index is -3.61. The average molecular weight is 751 g/mol. The number of nitrogens with zero attached hydrogens (tertiary/aromatic N) is 2. The van der Waals surface area contributed by atoms with Crippen LogP contribution in [0.5, 0.6) is 5.75 Å². The molecule has 1 fully saturated rings. The van der Waals surface area contributed by atoms with E-state index in [-0.39, 0.29) is 83.3 Å². The van der Waals surface area contributed by atoms with Gasteiger partial charge in [0.15, 0.2) is 0 Å². The molecule has 0 radical (unpaired) electrons. The second-order valence-electron chi connectivity index (χ2n) is 11.0. The number of nitrogens with one attached hydrogen (secondary N) is 1. The number of ether oxygens (including phenoxy) is 1. The number of carbonyl (C=O) groups is 1. The van der Waals surface area contributed by atoms with Crippen molar-refractivity contribution in [2.24, 2.45) is 5.16 Å². The predicted molar refractivity (Wildman–Crippen MR) is 175 cm³/mol. The molecule has 17 heteroatoms. The Morgan fingerprint density at radius 1 is 1.02 bits per heavy atom. The van der Waals surface area contributed by atoms with Gasteiger partial charge < -0.3 is 24.4 Å². The largest absolute Gasteiger partial charge is 1.00 e. The van der Waals surface area contributed by atoms with Gasteiger partial charge in [-0.2, -0.15) is 0 Å². The van der Waals surface area contributed by atoms with Crippen molar-refractivity contribution in [1.29, 1.82) is 0 Å². The molecular weight excluding hydrogens is 719 g/mol. The SMILES string of the molecule is CS(=O)(=O)N[C@H]1CCCC[C@@H]1N1C(=O)c2ccccc2[C@@H](C([O-])=NOCc2cccc(OC[C-]=O)c2)[C@@H]1c1ccc(Cl)cc1Cl.O=O.[Na+].[Na+]. The van der Waals surface area contributed by atoms with E-state index in [1.54, 1.807) is 77.9 Å². The van der Waals surface area contributed by atoms with Gasteiger partial charge in [-0.05, 0) is 66.5 Å². The van der Waals surface area contributed by atoms with Crippen LogP contribution in [-0.2, 0) is 26.3 Å². The van der Waals surface area contributed by atoms with E-state index in [9.17, 15) is 23.1 Å². The number of benzene rings is 3. The summed E-state index contributed by atoms with van der Waals surface area (Å²) in [6, 6.07) is 16.3. The number of sulfonamides is 1. The first-order valence-corrected chi connectivity index (χ1v) is 17.2. The summed E-state index contributed by atoms with van der Waals surface area (Å²) >= 11 is 13.0. The van der Waals surface area contributed by atoms with Crippen LogP contribution < -0.4 is 73.7 Å². The van der Waals surface area contributed by atoms with E-state index in [4.69, 9.17) is 42.7 Å². The zero-order chi connectivity index (χ0) is 34.1. The third-order valence-corrected chi connectivity index (χ3v) is 9.25. The molecule has 250 valence electrons. The zero-order valence-corrected chi connectivity index (χ0v) is 33.5. The molecule has 0 unspecified atom stereocenters. The van der Waals surface area contributed by atoms with Gasteiger partial charge in [0, 0.05) is 49.4 Å². The molecule has 2 aliphatic rings. The van der Waals surface area contributed by atoms with Crippen molar-refractivity contribution in [3.63, 3.8) is 0 Å². The van der Waals surface area contributed by atoms with Crippen molar-refractivity contribution >= 4 is 51.3 Å². The van der Waals surface area contributed by atoms with E-state index < -0.39 is 40.0 Å². The summed E-state index contributed by atoms with van der Waals surface area (Å²) < 4.78 is 32.7. The molecule has 1 saturated carbocycles. The molecule has 0 spiro atoms. The van der Waals surface area contributed by atoms with Crippen LogP contribution in [0.3, 0.4) is 0 Å². The maximum absolute atomic E-state index is 14.3. The quantitative estimate of drug-likeness (QED) is 0.0814. The molecule has 1 aliphatic carbocycles. The van der Waals surface area contributed by atoms with Crippen LogP contribution in [-0.4, -0.2) is 56.4 Å². The van der Waals surface area contributed by atoms with Gasteiger partial charge in [0.2, 0.25) is 10.0 Å². The van der Waals surface area contributed by atoms with Gasteiger partial charge in [0.05, 0.1) is 12.3 Å². The summed E-state index contributed by atoms with van der Waals surface area (Å²) in [7, 11) is -3.61. The molecule has 49 heavy (non-hydrogen) atoms. The Morgan fingerprint density at radius 2 is 1.73 bits per heavy atom. The Kier molecular flexibility index (Phi) is 17.7. The Balaban J connectivity index is 0.00000205. The fourth-order valence-corrected chi connectivity index (χ4v) is 7.52. The maximum atomic E-state index is 14.3. The fourth-order valence-electron chi connectivity index (χ4n) is 6.18. The van der Waals surface area contributed by atoms with E-state index in [0.29, 0.717) is 45.9 Å². The molecule has 4 atom stereocenters. The molecule has 0 bridgehead atoms. The molecule has 12 nitrogen and oxygen atoms in total. The molecule has 5 rings (SSSR count). The van der Waals surface area contributed by atoms with E-state index in [1.807, 2.05) is 0 Å². The molecule has 1 amide bonds. The van der Waals surface area contributed by atoms with Gasteiger partial charge in [0.25, 0.3) is 5.91 Å². The van der Waals surface area contributed by atoms with Crippen LogP contribution in [0.2, 0.25) is 10.0 Å². The number of amides is 1. The van der Waals surface area contributed by atoms with Gasteiger partial charge in [-0.25, -0.2) is 19.4 Å². The first-order valence-electron chi connectivity index (χ1n) is 14.5. The van der Waals surface area contributed by atoms with Crippen LogP contribution in [0.15, 0.2) is 71.9 Å². The zero-order valence-electron chi connectivity index (χ0n) is 27.1. The van der Waals surface area contributed by atoms with Crippen LogP contribution in [0, 0.1) is 9.93 Å².